The van der Waals surface area contributed by atoms with E-state index in [1.807, 2.05) is 0 Å². The summed E-state index contributed by atoms with van der Waals surface area (Å²) in [6.45, 7) is 2.80. The lowest BCUT2D eigenvalue weighted by molar-refractivity contribution is 0.559. The van der Waals surface area contributed by atoms with Crippen molar-refractivity contribution in [1.82, 2.24) is 0 Å². The van der Waals surface area contributed by atoms with Gasteiger partial charge in [-0.1, -0.05) is 69.1 Å². The van der Waals surface area contributed by atoms with Gasteiger partial charge in [-0.3, -0.25) is 0 Å². The van der Waals surface area contributed by atoms with Crippen LogP contribution in [0.5, 0.6) is 0 Å². The van der Waals surface area contributed by atoms with Crippen molar-refractivity contribution < 1.29 is 4.79 Å². The molecule has 118 valence electrons. The van der Waals surface area contributed by atoms with Crippen LogP contribution in [0.4, 0.5) is 0 Å². The minimum absolute atomic E-state index is 0.647. The van der Waals surface area contributed by atoms with Crippen LogP contribution in [-0.2, 0) is 4.79 Å². The van der Waals surface area contributed by atoms with Crippen LogP contribution in [0.15, 0.2) is 41.4 Å². The fourth-order valence-corrected chi connectivity index (χ4v) is 2.03. The van der Waals surface area contributed by atoms with Crippen molar-refractivity contribution in [3.8, 4) is 0 Å². The highest BCUT2D eigenvalue weighted by Gasteiger charge is 1.90. The Bertz CT molecular complexity index is 335. The van der Waals surface area contributed by atoms with E-state index >= 15 is 0 Å². The molecule has 0 amide bonds. The quantitative estimate of drug-likeness (QED) is 0.169. The molecule has 0 aliphatic heterocycles. The minimum atomic E-state index is 0.647. The zero-order valence-corrected chi connectivity index (χ0v) is 13.6. The van der Waals surface area contributed by atoms with Gasteiger partial charge in [-0.25, -0.2) is 9.79 Å². The summed E-state index contributed by atoms with van der Waals surface area (Å²) in [5, 5.41) is 0. The van der Waals surface area contributed by atoms with E-state index in [9.17, 15) is 4.79 Å². The number of allylic oxidation sites excluding steroid dienone is 6. The third-order valence-electron chi connectivity index (χ3n) is 3.24. The lowest BCUT2D eigenvalue weighted by Gasteiger charge is -1.98. The van der Waals surface area contributed by atoms with E-state index in [2.05, 4.69) is 48.4 Å². The number of hydrogen-bond acceptors (Lipinski definition) is 2. The van der Waals surface area contributed by atoms with Gasteiger partial charge in [-0.2, -0.15) is 0 Å². The SMILES string of the molecule is CCC=CCC=CCC=CCCCCCCCCN=C=O. The molecule has 0 N–H and O–H groups in total. The van der Waals surface area contributed by atoms with E-state index in [4.69, 9.17) is 0 Å². The monoisotopic (exact) mass is 289 g/mol. The van der Waals surface area contributed by atoms with Crippen molar-refractivity contribution in [2.75, 3.05) is 6.54 Å². The Kier molecular flexibility index (Phi) is 17.4. The number of carbonyl (C=O) groups excluding carboxylic acids is 1. The number of isocyanates is 1. The summed E-state index contributed by atoms with van der Waals surface area (Å²) in [5.41, 5.74) is 0. The summed E-state index contributed by atoms with van der Waals surface area (Å²) in [5.74, 6) is 0. The molecule has 0 saturated heterocycles. The number of aliphatic imine (C=N–C) groups is 1. The Labute approximate surface area is 130 Å². The highest BCUT2D eigenvalue weighted by atomic mass is 16.1. The zero-order chi connectivity index (χ0) is 15.4. The number of nitrogens with zero attached hydrogens (tertiary/aromatic N) is 1. The Morgan fingerprint density at radius 1 is 0.762 bits per heavy atom. The second-order valence-electron chi connectivity index (χ2n) is 5.18. The molecule has 0 unspecified atom stereocenters. The average Bonchev–Trinajstić information content (AvgIpc) is 2.50. The summed E-state index contributed by atoms with van der Waals surface area (Å²) in [4.78, 5) is 13.4. The highest BCUT2D eigenvalue weighted by molar-refractivity contribution is 5.32. The molecule has 0 heterocycles. The summed E-state index contributed by atoms with van der Waals surface area (Å²) in [6.07, 6.45) is 26.8. The van der Waals surface area contributed by atoms with Crippen molar-refractivity contribution in [3.05, 3.63) is 36.5 Å². The summed E-state index contributed by atoms with van der Waals surface area (Å²) in [7, 11) is 0. The lowest BCUT2D eigenvalue weighted by atomic mass is 10.1. The molecule has 0 fully saturated rings. The summed E-state index contributed by atoms with van der Waals surface area (Å²) >= 11 is 0. The Hall–Kier alpha value is -1.40. The molecular weight excluding hydrogens is 258 g/mol. The third-order valence-corrected chi connectivity index (χ3v) is 3.24. The Balaban J connectivity index is 3.21. The van der Waals surface area contributed by atoms with Crippen LogP contribution in [0.25, 0.3) is 0 Å². The first-order valence-electron chi connectivity index (χ1n) is 8.40. The maximum atomic E-state index is 9.86. The van der Waals surface area contributed by atoms with Gasteiger partial charge < -0.3 is 0 Å². The first-order chi connectivity index (χ1) is 10.4. The van der Waals surface area contributed by atoms with Crippen LogP contribution < -0.4 is 0 Å². The average molecular weight is 289 g/mol. The van der Waals surface area contributed by atoms with Gasteiger partial charge in [0.2, 0.25) is 6.08 Å². The van der Waals surface area contributed by atoms with Gasteiger partial charge in [0, 0.05) is 0 Å². The molecule has 0 bridgehead atoms. The zero-order valence-electron chi connectivity index (χ0n) is 13.6. The molecule has 0 aromatic heterocycles. The molecule has 0 aliphatic carbocycles. The number of rotatable bonds is 14. The maximum Gasteiger partial charge on any atom is 0.234 e. The van der Waals surface area contributed by atoms with Gasteiger partial charge in [0.15, 0.2) is 0 Å². The first-order valence-corrected chi connectivity index (χ1v) is 8.40. The molecule has 0 aromatic rings. The molecule has 0 aliphatic rings. The van der Waals surface area contributed by atoms with Crippen LogP contribution in [0.3, 0.4) is 0 Å². The molecule has 21 heavy (non-hydrogen) atoms. The van der Waals surface area contributed by atoms with Gasteiger partial charge in [0.25, 0.3) is 0 Å². The van der Waals surface area contributed by atoms with Crippen LogP contribution >= 0.6 is 0 Å². The van der Waals surface area contributed by atoms with E-state index in [0.29, 0.717) is 6.54 Å². The van der Waals surface area contributed by atoms with Crippen molar-refractivity contribution in [2.24, 2.45) is 4.99 Å². The van der Waals surface area contributed by atoms with Crippen LogP contribution in [0.1, 0.15) is 71.1 Å². The largest absolute Gasteiger partial charge is 0.234 e. The molecule has 0 saturated carbocycles. The molecule has 0 radical (unpaired) electrons. The predicted molar refractivity (Wildman–Crippen MR) is 92.3 cm³/mol. The van der Waals surface area contributed by atoms with Crippen LogP contribution in [0.2, 0.25) is 0 Å². The fourth-order valence-electron chi connectivity index (χ4n) is 2.03. The topological polar surface area (TPSA) is 29.4 Å². The van der Waals surface area contributed by atoms with Crippen molar-refractivity contribution >= 4 is 6.08 Å². The molecule has 0 atom stereocenters. The van der Waals surface area contributed by atoms with E-state index in [1.165, 1.54) is 38.5 Å². The highest BCUT2D eigenvalue weighted by Crippen LogP contribution is 2.07. The number of hydrogen-bond donors (Lipinski definition) is 0. The van der Waals surface area contributed by atoms with Gasteiger partial charge in [0.05, 0.1) is 6.54 Å². The Morgan fingerprint density at radius 2 is 1.33 bits per heavy atom. The van der Waals surface area contributed by atoms with Gasteiger partial charge in [-0.05, 0) is 38.5 Å². The fraction of sp³-hybridized carbons (Fsp3) is 0.632. The van der Waals surface area contributed by atoms with Crippen molar-refractivity contribution in [1.29, 1.82) is 0 Å². The van der Waals surface area contributed by atoms with E-state index in [-0.39, 0.29) is 0 Å². The van der Waals surface area contributed by atoms with Crippen LogP contribution in [0, 0.1) is 0 Å². The summed E-state index contributed by atoms with van der Waals surface area (Å²) in [6, 6.07) is 0. The Morgan fingerprint density at radius 3 is 2.00 bits per heavy atom. The summed E-state index contributed by atoms with van der Waals surface area (Å²) < 4.78 is 0. The second kappa shape index (κ2) is 18.6. The smallest absolute Gasteiger partial charge is 0.211 e. The van der Waals surface area contributed by atoms with Crippen molar-refractivity contribution in [3.63, 3.8) is 0 Å². The maximum absolute atomic E-state index is 9.86. The molecule has 2 nitrogen and oxygen atoms in total. The van der Waals surface area contributed by atoms with E-state index in [0.717, 1.165) is 25.7 Å². The van der Waals surface area contributed by atoms with Crippen molar-refractivity contribution in [2.45, 2.75) is 71.1 Å². The number of unbranched alkanes of at least 4 members (excludes halogenated alkanes) is 6. The van der Waals surface area contributed by atoms with Crippen LogP contribution in [-0.4, -0.2) is 12.6 Å². The van der Waals surface area contributed by atoms with Gasteiger partial charge in [-0.15, -0.1) is 0 Å². The molecule has 0 rings (SSSR count). The standard InChI is InChI=1S/C19H31NO/c1-2-3-4-5-6-7-8-9-10-11-12-13-14-15-16-17-18-20-19-21/h3-4,6-7,9-10H,2,5,8,11-18H2,1H3. The second-order valence-corrected chi connectivity index (χ2v) is 5.18. The van der Waals surface area contributed by atoms with E-state index in [1.54, 1.807) is 6.08 Å². The van der Waals surface area contributed by atoms with Gasteiger partial charge in [0.1, 0.15) is 0 Å². The predicted octanol–water partition coefficient (Wildman–Crippen LogP) is 5.91. The van der Waals surface area contributed by atoms with Gasteiger partial charge >= 0.3 is 0 Å². The molecule has 0 aromatic carbocycles. The first kappa shape index (κ1) is 19.6. The lowest BCUT2D eigenvalue weighted by Crippen LogP contribution is -1.83. The molecule has 0 spiro atoms. The minimum Gasteiger partial charge on any atom is -0.211 e. The normalized spacial score (nSPS) is 11.7. The molecule has 2 heteroatoms. The van der Waals surface area contributed by atoms with E-state index < -0.39 is 0 Å². The third kappa shape index (κ3) is 18.6. The molecular formula is C19H31NO.